The van der Waals surface area contributed by atoms with Gasteiger partial charge in [0.15, 0.2) is 21.3 Å². The Balaban J connectivity index is 1.85. The molecule has 1 aromatic heterocycles. The van der Waals surface area contributed by atoms with Crippen molar-refractivity contribution in [1.29, 1.82) is 0 Å². The maximum atomic E-state index is 13.3. The highest BCUT2D eigenvalue weighted by Gasteiger charge is 2.20. The molecule has 3 aromatic rings. The van der Waals surface area contributed by atoms with Gasteiger partial charge in [-0.3, -0.25) is 9.59 Å². The fourth-order valence-corrected chi connectivity index (χ4v) is 4.74. The van der Waals surface area contributed by atoms with Gasteiger partial charge in [0.25, 0.3) is 11.8 Å². The van der Waals surface area contributed by atoms with Gasteiger partial charge in [0.1, 0.15) is 5.70 Å². The van der Waals surface area contributed by atoms with E-state index in [0.29, 0.717) is 23.5 Å². The molecule has 0 aliphatic rings. The van der Waals surface area contributed by atoms with Crippen LogP contribution >= 0.6 is 11.3 Å². The van der Waals surface area contributed by atoms with Crippen LogP contribution in [0.3, 0.4) is 0 Å². The van der Waals surface area contributed by atoms with Crippen molar-refractivity contribution in [2.45, 2.75) is 24.3 Å². The highest BCUT2D eigenvalue weighted by molar-refractivity contribution is 7.90. The van der Waals surface area contributed by atoms with Crippen LogP contribution in [0.1, 0.15) is 40.2 Å². The van der Waals surface area contributed by atoms with E-state index in [1.165, 1.54) is 43.8 Å². The topological polar surface area (TPSA) is 111 Å². The van der Waals surface area contributed by atoms with Gasteiger partial charge in [-0.05, 0) is 59.8 Å². The number of carbonyl (C=O) groups excluding carboxylic acids is 2. The van der Waals surface area contributed by atoms with Crippen molar-refractivity contribution in [3.05, 3.63) is 81.7 Å². The molecule has 0 fully saturated rings. The first-order valence-corrected chi connectivity index (χ1v) is 13.8. The summed E-state index contributed by atoms with van der Waals surface area (Å²) in [5.41, 5.74) is 1.12. The third-order valence-corrected chi connectivity index (χ3v) is 7.34. The van der Waals surface area contributed by atoms with Crippen LogP contribution in [0.25, 0.3) is 6.08 Å². The van der Waals surface area contributed by atoms with Crippen molar-refractivity contribution in [2.24, 2.45) is 0 Å². The van der Waals surface area contributed by atoms with E-state index in [4.69, 9.17) is 9.47 Å². The molecular formula is C26H28N2O6S2. The maximum absolute atomic E-state index is 13.3. The number of nitrogens with one attached hydrogen (secondary N) is 2. The van der Waals surface area contributed by atoms with Crippen LogP contribution in [0, 0.1) is 0 Å². The number of hydrogen-bond acceptors (Lipinski definition) is 7. The summed E-state index contributed by atoms with van der Waals surface area (Å²) in [5, 5.41) is 7.52. The molecule has 190 valence electrons. The van der Waals surface area contributed by atoms with Crippen molar-refractivity contribution >= 4 is 39.1 Å². The average molecular weight is 529 g/mol. The Labute approximate surface area is 214 Å². The Morgan fingerprint density at radius 3 is 2.28 bits per heavy atom. The zero-order valence-electron chi connectivity index (χ0n) is 20.4. The number of carbonyl (C=O) groups is 2. The van der Waals surface area contributed by atoms with Crippen molar-refractivity contribution < 1.29 is 27.5 Å². The zero-order valence-corrected chi connectivity index (χ0v) is 22.0. The second-order valence-corrected chi connectivity index (χ2v) is 10.9. The molecule has 0 spiro atoms. The van der Waals surface area contributed by atoms with Gasteiger partial charge in [0.05, 0.1) is 25.2 Å². The minimum Gasteiger partial charge on any atom is -0.493 e. The standard InChI is InChI=1S/C26H28N2O6S2/c1-5-21(17-8-11-20(12-9-17)36(4,31)32)27-26(30)22(16-19-7-6-14-35-19)28-25(29)18-10-13-23(33-2)24(15-18)34-3/h6-16,21H,5H2,1-4H3,(H,27,30)(H,28,29)/b22-16-/t21-/m1/s1. The first-order valence-electron chi connectivity index (χ1n) is 11.1. The van der Waals surface area contributed by atoms with Crippen LogP contribution < -0.4 is 20.1 Å². The molecule has 0 aliphatic heterocycles. The molecular weight excluding hydrogens is 500 g/mol. The van der Waals surface area contributed by atoms with Crippen molar-refractivity contribution in [3.8, 4) is 11.5 Å². The maximum Gasteiger partial charge on any atom is 0.268 e. The molecule has 0 saturated heterocycles. The quantitative estimate of drug-likeness (QED) is 0.382. The number of benzene rings is 2. The van der Waals surface area contributed by atoms with E-state index in [0.717, 1.165) is 16.7 Å². The number of methoxy groups -OCH3 is 2. The number of ether oxygens (including phenoxy) is 2. The average Bonchev–Trinajstić information content (AvgIpc) is 3.39. The minimum atomic E-state index is -3.33. The first-order chi connectivity index (χ1) is 17.2. The van der Waals surface area contributed by atoms with Gasteiger partial charge in [-0.2, -0.15) is 0 Å². The summed E-state index contributed by atoms with van der Waals surface area (Å²) in [6, 6.07) is 14.4. The van der Waals surface area contributed by atoms with E-state index < -0.39 is 27.7 Å². The molecule has 10 heteroatoms. The van der Waals surface area contributed by atoms with E-state index in [1.54, 1.807) is 30.3 Å². The van der Waals surface area contributed by atoms with Crippen LogP contribution in [0.4, 0.5) is 0 Å². The predicted molar refractivity (Wildman–Crippen MR) is 140 cm³/mol. The highest BCUT2D eigenvalue weighted by Crippen LogP contribution is 2.28. The van der Waals surface area contributed by atoms with Crippen LogP contribution in [0.5, 0.6) is 11.5 Å². The third kappa shape index (κ3) is 6.73. The van der Waals surface area contributed by atoms with Gasteiger partial charge >= 0.3 is 0 Å². The lowest BCUT2D eigenvalue weighted by atomic mass is 10.0. The molecule has 2 N–H and O–H groups in total. The number of rotatable bonds is 10. The summed E-state index contributed by atoms with van der Waals surface area (Å²) in [6.07, 6.45) is 3.31. The lowest BCUT2D eigenvalue weighted by Gasteiger charge is -2.19. The smallest absolute Gasteiger partial charge is 0.268 e. The number of amides is 2. The van der Waals surface area contributed by atoms with Gasteiger partial charge in [0.2, 0.25) is 0 Å². The molecule has 1 atom stereocenters. The second kappa shape index (κ2) is 11.9. The zero-order chi connectivity index (χ0) is 26.3. The Bertz CT molecular complexity index is 1350. The lowest BCUT2D eigenvalue weighted by Crippen LogP contribution is -2.36. The van der Waals surface area contributed by atoms with Gasteiger partial charge in [0, 0.05) is 16.7 Å². The minimum absolute atomic E-state index is 0.0726. The second-order valence-electron chi connectivity index (χ2n) is 7.87. The normalized spacial score (nSPS) is 12.5. The predicted octanol–water partition coefficient (Wildman–Crippen LogP) is 4.21. The summed E-state index contributed by atoms with van der Waals surface area (Å²) < 4.78 is 34.0. The Kier molecular flexibility index (Phi) is 8.89. The largest absolute Gasteiger partial charge is 0.493 e. The van der Waals surface area contributed by atoms with E-state index in [2.05, 4.69) is 10.6 Å². The number of hydrogen-bond donors (Lipinski definition) is 2. The fraction of sp³-hybridized carbons (Fsp3) is 0.231. The Hall–Kier alpha value is -3.63. The van der Waals surface area contributed by atoms with Gasteiger partial charge in [-0.1, -0.05) is 25.1 Å². The number of thiophene rings is 1. The summed E-state index contributed by atoms with van der Waals surface area (Å²) in [6.45, 7) is 1.90. The van der Waals surface area contributed by atoms with Crippen LogP contribution in [0.15, 0.2) is 70.6 Å². The molecule has 0 radical (unpaired) electrons. The third-order valence-electron chi connectivity index (χ3n) is 5.39. The molecule has 36 heavy (non-hydrogen) atoms. The van der Waals surface area contributed by atoms with E-state index in [-0.39, 0.29) is 10.6 Å². The molecule has 1 heterocycles. The SMILES string of the molecule is CC[C@@H](NC(=O)/C(=C/c1cccs1)NC(=O)c1ccc(OC)c(OC)c1)c1ccc(S(C)(=O)=O)cc1. The van der Waals surface area contributed by atoms with E-state index in [1.807, 2.05) is 24.4 Å². The van der Waals surface area contributed by atoms with E-state index >= 15 is 0 Å². The fourth-order valence-electron chi connectivity index (χ4n) is 3.45. The summed E-state index contributed by atoms with van der Waals surface area (Å²) in [7, 11) is -0.349. The Morgan fingerprint density at radius 1 is 1.03 bits per heavy atom. The van der Waals surface area contributed by atoms with Gasteiger partial charge < -0.3 is 20.1 Å². The van der Waals surface area contributed by atoms with E-state index in [9.17, 15) is 18.0 Å². The Morgan fingerprint density at radius 2 is 1.72 bits per heavy atom. The molecule has 0 aliphatic carbocycles. The lowest BCUT2D eigenvalue weighted by molar-refractivity contribution is -0.118. The van der Waals surface area contributed by atoms with Crippen molar-refractivity contribution in [1.82, 2.24) is 10.6 Å². The number of sulfone groups is 1. The monoisotopic (exact) mass is 528 g/mol. The summed E-state index contributed by atoms with van der Waals surface area (Å²) in [4.78, 5) is 27.3. The highest BCUT2D eigenvalue weighted by atomic mass is 32.2. The molecule has 2 amide bonds. The van der Waals surface area contributed by atoms with Gasteiger partial charge in [-0.25, -0.2) is 8.42 Å². The van der Waals surface area contributed by atoms with Crippen LogP contribution in [0.2, 0.25) is 0 Å². The van der Waals surface area contributed by atoms with Crippen LogP contribution in [-0.4, -0.2) is 40.7 Å². The van der Waals surface area contributed by atoms with Crippen molar-refractivity contribution in [2.75, 3.05) is 20.5 Å². The molecule has 3 rings (SSSR count). The molecule has 0 unspecified atom stereocenters. The molecule has 0 bridgehead atoms. The van der Waals surface area contributed by atoms with Gasteiger partial charge in [-0.15, -0.1) is 11.3 Å². The molecule has 2 aromatic carbocycles. The van der Waals surface area contributed by atoms with Crippen LogP contribution in [-0.2, 0) is 14.6 Å². The molecule has 0 saturated carbocycles. The molecule has 8 nitrogen and oxygen atoms in total. The summed E-state index contributed by atoms with van der Waals surface area (Å²) >= 11 is 1.43. The van der Waals surface area contributed by atoms with Crippen molar-refractivity contribution in [3.63, 3.8) is 0 Å². The summed E-state index contributed by atoms with van der Waals surface area (Å²) in [5.74, 6) is -0.0912. The first kappa shape index (κ1) is 27.0.